The van der Waals surface area contributed by atoms with Crippen LogP contribution in [0.2, 0.25) is 0 Å². The summed E-state index contributed by atoms with van der Waals surface area (Å²) in [6.07, 6.45) is -0.629. The highest BCUT2D eigenvalue weighted by Crippen LogP contribution is 2.18. The van der Waals surface area contributed by atoms with Gasteiger partial charge in [0.25, 0.3) is 0 Å². The second-order valence-electron chi connectivity index (χ2n) is 5.89. The maximum absolute atomic E-state index is 11.6. The molecule has 0 aliphatic carbocycles. The molecule has 0 fully saturated rings. The molecule has 0 saturated heterocycles. The number of para-hydroxylation sites is 1. The van der Waals surface area contributed by atoms with Crippen LogP contribution in [0.4, 0.5) is 5.69 Å². The van der Waals surface area contributed by atoms with E-state index >= 15 is 0 Å². The van der Waals surface area contributed by atoms with Gasteiger partial charge in [-0.2, -0.15) is 0 Å². The fraction of sp³-hybridized carbons (Fsp3) is 0.238. The highest BCUT2D eigenvalue weighted by molar-refractivity contribution is 5.78. The Morgan fingerprint density at radius 2 is 1.85 bits per heavy atom. The van der Waals surface area contributed by atoms with Gasteiger partial charge in [-0.15, -0.1) is 0 Å². The third-order valence-corrected chi connectivity index (χ3v) is 3.92. The number of carbonyl (C=O) groups excluding carboxylic acids is 1. The third-order valence-electron chi connectivity index (χ3n) is 3.92. The van der Waals surface area contributed by atoms with E-state index in [4.69, 9.17) is 9.47 Å². The number of benzene rings is 2. The van der Waals surface area contributed by atoms with Gasteiger partial charge in [0.2, 0.25) is 0 Å². The van der Waals surface area contributed by atoms with Crippen LogP contribution in [-0.4, -0.2) is 23.7 Å². The number of carbonyl (C=O) groups is 1. The second kappa shape index (κ2) is 8.34. The summed E-state index contributed by atoms with van der Waals surface area (Å²) in [6, 6.07) is 19.6. The van der Waals surface area contributed by atoms with Crippen LogP contribution in [0.3, 0.4) is 0 Å². The zero-order chi connectivity index (χ0) is 18.4. The molecule has 0 radical (unpaired) electrons. The van der Waals surface area contributed by atoms with Gasteiger partial charge in [0.15, 0.2) is 6.10 Å². The minimum Gasteiger partial charge on any atom is -0.479 e. The molecule has 3 aromatic rings. The van der Waals surface area contributed by atoms with Crippen LogP contribution in [0.25, 0.3) is 10.9 Å². The van der Waals surface area contributed by atoms with Gasteiger partial charge in [-0.3, -0.25) is 4.98 Å². The van der Waals surface area contributed by atoms with Gasteiger partial charge < -0.3 is 14.8 Å². The summed E-state index contributed by atoms with van der Waals surface area (Å²) in [5, 5.41) is 4.47. The number of nitrogens with one attached hydrogen (secondary N) is 1. The first kappa shape index (κ1) is 17.7. The minimum atomic E-state index is -0.629. The van der Waals surface area contributed by atoms with Crippen LogP contribution in [0.1, 0.15) is 19.5 Å². The van der Waals surface area contributed by atoms with E-state index in [9.17, 15) is 4.79 Å². The molecule has 0 bridgehead atoms. The molecule has 0 amide bonds. The molecule has 1 N–H and O–H groups in total. The Bertz CT molecular complexity index is 878. The monoisotopic (exact) mass is 350 g/mol. The van der Waals surface area contributed by atoms with Crippen LogP contribution >= 0.6 is 0 Å². The van der Waals surface area contributed by atoms with Crippen molar-refractivity contribution in [3.63, 3.8) is 0 Å². The third kappa shape index (κ3) is 4.51. The summed E-state index contributed by atoms with van der Waals surface area (Å²) in [4.78, 5) is 16.2. The van der Waals surface area contributed by atoms with Crippen molar-refractivity contribution >= 4 is 22.6 Å². The average molecular weight is 350 g/mol. The Hall–Kier alpha value is -3.08. The van der Waals surface area contributed by atoms with E-state index in [1.54, 1.807) is 13.8 Å². The molecule has 5 heteroatoms. The SMILES string of the molecule is CCOC(=O)C(C)Oc1ccc(NCc2ccc3ccccc3n2)cc1. The molecule has 0 spiro atoms. The van der Waals surface area contributed by atoms with Crippen LogP contribution < -0.4 is 10.1 Å². The number of pyridine rings is 1. The normalized spacial score (nSPS) is 11.8. The predicted molar refractivity (Wildman–Crippen MR) is 102 cm³/mol. The highest BCUT2D eigenvalue weighted by atomic mass is 16.6. The summed E-state index contributed by atoms with van der Waals surface area (Å²) < 4.78 is 10.5. The Kier molecular flexibility index (Phi) is 5.69. The number of fused-ring (bicyclic) bond motifs is 1. The number of rotatable bonds is 7. The highest BCUT2D eigenvalue weighted by Gasteiger charge is 2.15. The summed E-state index contributed by atoms with van der Waals surface area (Å²) >= 11 is 0. The summed E-state index contributed by atoms with van der Waals surface area (Å²) in [6.45, 7) is 4.42. The van der Waals surface area contributed by atoms with E-state index in [1.807, 2.05) is 48.5 Å². The lowest BCUT2D eigenvalue weighted by Gasteiger charge is -2.14. The Balaban J connectivity index is 1.57. The zero-order valence-electron chi connectivity index (χ0n) is 14.9. The van der Waals surface area contributed by atoms with Gasteiger partial charge in [0.1, 0.15) is 5.75 Å². The van der Waals surface area contributed by atoms with Crippen LogP contribution in [0.15, 0.2) is 60.7 Å². The maximum atomic E-state index is 11.6. The van der Waals surface area contributed by atoms with Crippen molar-refractivity contribution in [1.82, 2.24) is 4.98 Å². The molecule has 2 aromatic carbocycles. The first-order valence-electron chi connectivity index (χ1n) is 8.67. The largest absolute Gasteiger partial charge is 0.479 e. The van der Waals surface area contributed by atoms with E-state index in [1.165, 1.54) is 0 Å². The Morgan fingerprint density at radius 3 is 2.62 bits per heavy atom. The van der Waals surface area contributed by atoms with E-state index < -0.39 is 6.10 Å². The molecule has 0 aliphatic rings. The molecule has 3 rings (SSSR count). The van der Waals surface area contributed by atoms with Crippen molar-refractivity contribution in [1.29, 1.82) is 0 Å². The molecule has 1 unspecified atom stereocenters. The molecular formula is C21H22N2O3. The first-order chi connectivity index (χ1) is 12.7. The van der Waals surface area contributed by atoms with Gasteiger partial charge in [-0.05, 0) is 50.2 Å². The van der Waals surface area contributed by atoms with Gasteiger partial charge in [-0.1, -0.05) is 24.3 Å². The van der Waals surface area contributed by atoms with E-state index in [0.717, 1.165) is 22.3 Å². The summed E-state index contributed by atoms with van der Waals surface area (Å²) in [5.74, 6) is 0.261. The van der Waals surface area contributed by atoms with Crippen molar-refractivity contribution in [2.45, 2.75) is 26.5 Å². The number of aromatic nitrogens is 1. The van der Waals surface area contributed by atoms with Crippen molar-refractivity contribution in [3.8, 4) is 5.75 Å². The lowest BCUT2D eigenvalue weighted by molar-refractivity contribution is -0.150. The number of ether oxygens (including phenoxy) is 2. The lowest BCUT2D eigenvalue weighted by Crippen LogP contribution is -2.26. The van der Waals surface area contributed by atoms with E-state index in [0.29, 0.717) is 18.9 Å². The quantitative estimate of drug-likeness (QED) is 0.648. The lowest BCUT2D eigenvalue weighted by atomic mass is 10.2. The molecule has 1 heterocycles. The van der Waals surface area contributed by atoms with Crippen LogP contribution in [0, 0.1) is 0 Å². The molecule has 0 aliphatic heterocycles. The molecule has 0 saturated carbocycles. The zero-order valence-corrected chi connectivity index (χ0v) is 14.9. The molecular weight excluding hydrogens is 328 g/mol. The fourth-order valence-electron chi connectivity index (χ4n) is 2.56. The van der Waals surface area contributed by atoms with Gasteiger partial charge in [0, 0.05) is 11.1 Å². The smallest absolute Gasteiger partial charge is 0.347 e. The Labute approximate surface area is 153 Å². The van der Waals surface area contributed by atoms with E-state index in [2.05, 4.69) is 22.4 Å². The number of nitrogens with zero attached hydrogens (tertiary/aromatic N) is 1. The second-order valence-corrected chi connectivity index (χ2v) is 5.89. The van der Waals surface area contributed by atoms with Crippen LogP contribution in [-0.2, 0) is 16.1 Å². The topological polar surface area (TPSA) is 60.5 Å². The fourth-order valence-corrected chi connectivity index (χ4v) is 2.56. The molecule has 134 valence electrons. The maximum Gasteiger partial charge on any atom is 0.347 e. The van der Waals surface area contributed by atoms with Gasteiger partial charge in [-0.25, -0.2) is 4.79 Å². The Morgan fingerprint density at radius 1 is 1.08 bits per heavy atom. The number of anilines is 1. The van der Waals surface area contributed by atoms with Crippen LogP contribution in [0.5, 0.6) is 5.75 Å². The first-order valence-corrected chi connectivity index (χ1v) is 8.67. The summed E-state index contributed by atoms with van der Waals surface area (Å²) in [7, 11) is 0. The molecule has 1 atom stereocenters. The molecule has 5 nitrogen and oxygen atoms in total. The standard InChI is InChI=1S/C21H22N2O3/c1-3-25-21(24)15(2)26-19-12-10-17(11-13-19)22-14-18-9-8-16-6-4-5-7-20(16)23-18/h4-13,15,22H,3,14H2,1-2H3. The van der Waals surface area contributed by atoms with Crippen molar-refractivity contribution < 1.29 is 14.3 Å². The number of hydrogen-bond donors (Lipinski definition) is 1. The number of esters is 1. The minimum absolute atomic E-state index is 0.345. The van der Waals surface area contributed by atoms with Crippen molar-refractivity contribution in [2.75, 3.05) is 11.9 Å². The molecule has 26 heavy (non-hydrogen) atoms. The van der Waals surface area contributed by atoms with Crippen molar-refractivity contribution in [2.24, 2.45) is 0 Å². The molecule has 1 aromatic heterocycles. The van der Waals surface area contributed by atoms with Crippen molar-refractivity contribution in [3.05, 3.63) is 66.4 Å². The van der Waals surface area contributed by atoms with E-state index in [-0.39, 0.29) is 5.97 Å². The average Bonchev–Trinajstić information content (AvgIpc) is 2.67. The predicted octanol–water partition coefficient (Wildman–Crippen LogP) is 4.18. The van der Waals surface area contributed by atoms with Gasteiger partial charge >= 0.3 is 5.97 Å². The number of hydrogen-bond acceptors (Lipinski definition) is 5. The summed E-state index contributed by atoms with van der Waals surface area (Å²) in [5.41, 5.74) is 2.92. The van der Waals surface area contributed by atoms with Gasteiger partial charge in [0.05, 0.1) is 24.4 Å².